The Morgan fingerprint density at radius 2 is 1.90 bits per heavy atom. The summed E-state index contributed by atoms with van der Waals surface area (Å²) < 4.78 is 15.0. The van der Waals surface area contributed by atoms with Gasteiger partial charge in [0.25, 0.3) is 0 Å². The van der Waals surface area contributed by atoms with Gasteiger partial charge in [0.05, 0.1) is 17.9 Å². The Bertz CT molecular complexity index is 1110. The summed E-state index contributed by atoms with van der Waals surface area (Å²) >= 11 is 0. The number of likely N-dealkylation sites (N-methyl/N-ethyl adjacent to an activating group) is 2. The van der Waals surface area contributed by atoms with Crippen molar-refractivity contribution in [2.75, 3.05) is 29.2 Å². The number of carbonyl (C=O) groups excluding carboxylic acids is 1. The molecular weight excluding hydrogens is 397 g/mol. The van der Waals surface area contributed by atoms with Gasteiger partial charge in [0.1, 0.15) is 17.5 Å². The van der Waals surface area contributed by atoms with E-state index in [1.54, 1.807) is 30.3 Å². The van der Waals surface area contributed by atoms with Gasteiger partial charge in [-0.25, -0.2) is 9.37 Å². The summed E-state index contributed by atoms with van der Waals surface area (Å²) in [4.78, 5) is 25.1. The number of carbonyl (C=O) groups is 1. The van der Waals surface area contributed by atoms with E-state index >= 15 is 0 Å². The lowest BCUT2D eigenvalue weighted by molar-refractivity contribution is -0.119. The average Bonchev–Trinajstić information content (AvgIpc) is 3.23. The summed E-state index contributed by atoms with van der Waals surface area (Å²) in [6.45, 7) is 6.26. The van der Waals surface area contributed by atoms with Crippen LogP contribution in [0.25, 0.3) is 0 Å². The maximum absolute atomic E-state index is 13.2. The second kappa shape index (κ2) is 7.98. The molecule has 9 heteroatoms. The maximum Gasteiger partial charge on any atom is 0.249 e. The second-order valence-electron chi connectivity index (χ2n) is 7.90. The number of amides is 1. The number of benzene rings is 1. The Morgan fingerprint density at radius 1 is 1.19 bits per heavy atom. The van der Waals surface area contributed by atoms with Crippen LogP contribution in [0.1, 0.15) is 36.7 Å². The van der Waals surface area contributed by atoms with E-state index < -0.39 is 0 Å². The van der Waals surface area contributed by atoms with Crippen LogP contribution in [0.2, 0.25) is 0 Å². The fourth-order valence-electron chi connectivity index (χ4n) is 3.76. The van der Waals surface area contributed by atoms with Gasteiger partial charge >= 0.3 is 0 Å². The Balaban J connectivity index is 1.50. The van der Waals surface area contributed by atoms with Crippen LogP contribution in [0.15, 0.2) is 36.7 Å². The summed E-state index contributed by atoms with van der Waals surface area (Å²) in [7, 11) is 3.62. The Labute approximate surface area is 180 Å². The van der Waals surface area contributed by atoms with Crippen molar-refractivity contribution in [2.45, 2.75) is 39.4 Å². The molecule has 162 valence electrons. The van der Waals surface area contributed by atoms with Crippen LogP contribution < -0.4 is 15.1 Å². The monoisotopic (exact) mass is 423 g/mol. The quantitative estimate of drug-likeness (QED) is 0.679. The molecule has 1 unspecified atom stereocenters. The minimum atomic E-state index is -0.286. The van der Waals surface area contributed by atoms with Gasteiger partial charge < -0.3 is 15.1 Å². The highest BCUT2D eigenvalue weighted by atomic mass is 19.1. The van der Waals surface area contributed by atoms with Crippen LogP contribution in [0.5, 0.6) is 0 Å². The molecule has 2 aromatic heterocycles. The first-order valence-corrected chi connectivity index (χ1v) is 10.2. The molecule has 2 atom stereocenters. The Morgan fingerprint density at radius 3 is 2.61 bits per heavy atom. The van der Waals surface area contributed by atoms with Gasteiger partial charge in [-0.2, -0.15) is 10.1 Å². The second-order valence-corrected chi connectivity index (χ2v) is 7.90. The lowest BCUT2D eigenvalue weighted by atomic mass is 10.1. The van der Waals surface area contributed by atoms with E-state index in [1.165, 1.54) is 12.1 Å². The molecule has 3 heterocycles. The summed E-state index contributed by atoms with van der Waals surface area (Å²) in [5.41, 5.74) is 3.43. The first-order chi connectivity index (χ1) is 14.8. The minimum Gasteiger partial charge on any atom is -0.350 e. The molecule has 0 saturated heterocycles. The van der Waals surface area contributed by atoms with Crippen LogP contribution in [-0.2, 0) is 11.3 Å². The first kappa shape index (κ1) is 20.8. The van der Waals surface area contributed by atoms with Gasteiger partial charge in [-0.3, -0.25) is 9.48 Å². The van der Waals surface area contributed by atoms with Gasteiger partial charge in [-0.1, -0.05) is 12.1 Å². The van der Waals surface area contributed by atoms with Crippen molar-refractivity contribution in [3.05, 3.63) is 59.3 Å². The van der Waals surface area contributed by atoms with E-state index in [4.69, 9.17) is 0 Å². The van der Waals surface area contributed by atoms with Crippen molar-refractivity contribution >= 4 is 23.4 Å². The molecule has 1 aliphatic heterocycles. The van der Waals surface area contributed by atoms with Crippen molar-refractivity contribution in [3.8, 4) is 0 Å². The van der Waals surface area contributed by atoms with Crippen LogP contribution in [0, 0.1) is 12.7 Å². The summed E-state index contributed by atoms with van der Waals surface area (Å²) in [5, 5.41) is 7.70. The molecule has 0 bridgehead atoms. The smallest absolute Gasteiger partial charge is 0.249 e. The third-order valence-corrected chi connectivity index (χ3v) is 5.83. The number of rotatable bonds is 5. The number of aromatic nitrogens is 4. The molecule has 8 nitrogen and oxygen atoms in total. The van der Waals surface area contributed by atoms with Crippen molar-refractivity contribution in [1.29, 1.82) is 0 Å². The molecule has 1 aliphatic rings. The predicted octanol–water partition coefficient (Wildman–Crippen LogP) is 3.14. The number of hydrogen-bond donors (Lipinski definition) is 1. The molecule has 0 saturated carbocycles. The number of aryl methyl sites for hydroxylation is 1. The molecule has 0 aliphatic carbocycles. The fourth-order valence-corrected chi connectivity index (χ4v) is 3.76. The van der Waals surface area contributed by atoms with E-state index in [1.807, 2.05) is 43.6 Å². The lowest BCUT2D eigenvalue weighted by Crippen LogP contribution is -2.49. The largest absolute Gasteiger partial charge is 0.350 e. The highest BCUT2D eigenvalue weighted by molar-refractivity contribution is 6.04. The summed E-state index contributed by atoms with van der Waals surface area (Å²) in [6, 6.07) is 6.14. The van der Waals surface area contributed by atoms with Gasteiger partial charge in [0.2, 0.25) is 11.9 Å². The van der Waals surface area contributed by atoms with E-state index in [2.05, 4.69) is 20.4 Å². The molecule has 1 aromatic carbocycles. The first-order valence-electron chi connectivity index (χ1n) is 10.2. The van der Waals surface area contributed by atoms with Gasteiger partial charge in [-0.05, 0) is 38.5 Å². The highest BCUT2D eigenvalue weighted by Gasteiger charge is 2.34. The predicted molar refractivity (Wildman–Crippen MR) is 118 cm³/mol. The van der Waals surface area contributed by atoms with Gasteiger partial charge in [-0.15, -0.1) is 0 Å². The molecule has 0 fully saturated rings. The fraction of sp³-hybridized carbons (Fsp3) is 0.364. The highest BCUT2D eigenvalue weighted by Crippen LogP contribution is 2.35. The standard InChI is InChI=1S/C22H26FN7O/c1-13-19-20(28(4)15(3)21(31)29(19)5)27-22(26-13)24-10-16-11-25-30(12-16)14(2)17-6-8-18(23)9-7-17/h6-9,11-12,14-15H,10H2,1-5H3,(H,24,26,27)/t14?,15-/m0/s1. The molecule has 4 rings (SSSR count). The lowest BCUT2D eigenvalue weighted by Gasteiger charge is -2.37. The normalized spacial score (nSPS) is 17.0. The average molecular weight is 423 g/mol. The van der Waals surface area contributed by atoms with Crippen LogP contribution in [0.3, 0.4) is 0 Å². The van der Waals surface area contributed by atoms with E-state index in [-0.39, 0.29) is 23.8 Å². The number of fused-ring (bicyclic) bond motifs is 1. The number of anilines is 3. The third-order valence-electron chi connectivity index (χ3n) is 5.83. The van der Waals surface area contributed by atoms with E-state index in [0.717, 1.165) is 28.3 Å². The number of halogens is 1. The summed E-state index contributed by atoms with van der Waals surface area (Å²) in [6.07, 6.45) is 3.74. The molecule has 3 aromatic rings. The van der Waals surface area contributed by atoms with Crippen LogP contribution in [0.4, 0.5) is 21.8 Å². The van der Waals surface area contributed by atoms with Crippen molar-refractivity contribution in [1.82, 2.24) is 19.7 Å². The van der Waals surface area contributed by atoms with Crippen molar-refractivity contribution in [2.24, 2.45) is 0 Å². The molecule has 1 N–H and O–H groups in total. The maximum atomic E-state index is 13.2. The summed E-state index contributed by atoms with van der Waals surface area (Å²) in [5.74, 6) is 0.991. The zero-order valence-electron chi connectivity index (χ0n) is 18.3. The van der Waals surface area contributed by atoms with E-state index in [0.29, 0.717) is 12.5 Å². The zero-order chi connectivity index (χ0) is 22.3. The Kier molecular flexibility index (Phi) is 5.34. The van der Waals surface area contributed by atoms with Crippen molar-refractivity contribution < 1.29 is 9.18 Å². The van der Waals surface area contributed by atoms with Crippen molar-refractivity contribution in [3.63, 3.8) is 0 Å². The molecule has 0 radical (unpaired) electrons. The molecular formula is C22H26FN7O. The Hall–Kier alpha value is -3.49. The molecule has 0 spiro atoms. The number of nitrogens with one attached hydrogen (secondary N) is 1. The molecule has 1 amide bonds. The molecule has 31 heavy (non-hydrogen) atoms. The SMILES string of the molecule is Cc1nc(NCc2cnn(C(C)c3ccc(F)cc3)c2)nc2c1N(C)C(=O)[C@H](C)N2C. The minimum absolute atomic E-state index is 0.0141. The van der Waals surface area contributed by atoms with Crippen LogP contribution >= 0.6 is 0 Å². The van der Waals surface area contributed by atoms with E-state index in [9.17, 15) is 9.18 Å². The topological polar surface area (TPSA) is 79.2 Å². The number of hydrogen-bond acceptors (Lipinski definition) is 6. The third kappa shape index (κ3) is 3.83. The van der Waals surface area contributed by atoms with Crippen LogP contribution in [-0.4, -0.2) is 45.8 Å². The number of nitrogens with zero attached hydrogens (tertiary/aromatic N) is 6. The van der Waals surface area contributed by atoms with Gasteiger partial charge in [0.15, 0.2) is 5.82 Å². The van der Waals surface area contributed by atoms with Gasteiger partial charge in [0, 0.05) is 32.4 Å². The zero-order valence-corrected chi connectivity index (χ0v) is 18.3.